The molecule has 0 saturated carbocycles. The van der Waals surface area contributed by atoms with Crippen LogP contribution in [0.1, 0.15) is 37.5 Å². The van der Waals surface area contributed by atoms with Crippen LogP contribution in [0.3, 0.4) is 0 Å². The van der Waals surface area contributed by atoms with Crippen LogP contribution < -0.4 is 4.72 Å². The van der Waals surface area contributed by atoms with Gasteiger partial charge in [0.2, 0.25) is 0 Å². The minimum atomic E-state index is -4.21. The van der Waals surface area contributed by atoms with Gasteiger partial charge in [-0.15, -0.1) is 0 Å². The number of rotatable bonds is 5. The molecule has 0 atom stereocenters. The number of nitrogens with one attached hydrogen (secondary N) is 1. The van der Waals surface area contributed by atoms with Gasteiger partial charge in [0, 0.05) is 6.20 Å². The third-order valence-electron chi connectivity index (χ3n) is 5.10. The molecule has 9 heteroatoms. The summed E-state index contributed by atoms with van der Waals surface area (Å²) < 4.78 is 42.8. The molecule has 1 aliphatic rings. The number of halogens is 1. The molecule has 2 heterocycles. The second kappa shape index (κ2) is 7.59. The van der Waals surface area contributed by atoms with Crippen molar-refractivity contribution in [1.29, 1.82) is 0 Å². The van der Waals surface area contributed by atoms with Gasteiger partial charge in [-0.1, -0.05) is 24.3 Å². The summed E-state index contributed by atoms with van der Waals surface area (Å²) in [4.78, 5) is 29.8. The zero-order valence-corrected chi connectivity index (χ0v) is 17.5. The van der Waals surface area contributed by atoms with E-state index in [4.69, 9.17) is 0 Å². The van der Waals surface area contributed by atoms with E-state index in [-0.39, 0.29) is 28.3 Å². The molecule has 158 valence electrons. The first-order valence-electron chi connectivity index (χ1n) is 9.38. The lowest BCUT2D eigenvalue weighted by Crippen LogP contribution is -2.30. The standard InChI is InChI=1S/C22H18FN3O4S/c1-13-5-3-6-14(2)19(13)25-31(29,30)18-11-16(23)9-8-15(18)12-26-21(27)17-7-4-10-24-20(17)22(26)28/h3-11,25H,12H2,1-2H3. The van der Waals surface area contributed by atoms with Crippen molar-refractivity contribution in [3.63, 3.8) is 0 Å². The van der Waals surface area contributed by atoms with Crippen LogP contribution in [0.25, 0.3) is 0 Å². The van der Waals surface area contributed by atoms with Gasteiger partial charge in [-0.3, -0.25) is 24.2 Å². The number of aryl methyl sites for hydroxylation is 2. The van der Waals surface area contributed by atoms with E-state index in [0.717, 1.165) is 17.0 Å². The fraction of sp³-hybridized carbons (Fsp3) is 0.136. The van der Waals surface area contributed by atoms with Crippen molar-refractivity contribution in [3.05, 3.63) is 88.5 Å². The maximum atomic E-state index is 14.0. The normalized spacial score (nSPS) is 13.5. The van der Waals surface area contributed by atoms with Gasteiger partial charge in [0.05, 0.1) is 22.7 Å². The Labute approximate surface area is 178 Å². The predicted molar refractivity (Wildman–Crippen MR) is 112 cm³/mol. The van der Waals surface area contributed by atoms with Gasteiger partial charge in [-0.25, -0.2) is 12.8 Å². The molecule has 0 aliphatic carbocycles. The number of para-hydroxylation sites is 1. The molecule has 3 aromatic rings. The summed E-state index contributed by atoms with van der Waals surface area (Å²) in [5.74, 6) is -1.96. The molecule has 0 unspecified atom stereocenters. The number of carbonyl (C=O) groups excluding carboxylic acids is 2. The lowest BCUT2D eigenvalue weighted by Gasteiger charge is -2.18. The Bertz CT molecular complexity index is 1280. The average molecular weight is 439 g/mol. The van der Waals surface area contributed by atoms with Crippen molar-refractivity contribution in [2.45, 2.75) is 25.3 Å². The number of nitrogens with zero attached hydrogens (tertiary/aromatic N) is 2. The highest BCUT2D eigenvalue weighted by atomic mass is 32.2. The van der Waals surface area contributed by atoms with Crippen LogP contribution in [-0.4, -0.2) is 30.1 Å². The molecule has 0 fully saturated rings. The van der Waals surface area contributed by atoms with Crippen molar-refractivity contribution in [1.82, 2.24) is 9.88 Å². The Balaban J connectivity index is 1.72. The summed E-state index contributed by atoms with van der Waals surface area (Å²) in [5.41, 5.74) is 2.05. The number of anilines is 1. The maximum absolute atomic E-state index is 14.0. The fourth-order valence-electron chi connectivity index (χ4n) is 3.50. The quantitative estimate of drug-likeness (QED) is 0.615. The highest BCUT2D eigenvalue weighted by Crippen LogP contribution is 2.28. The number of sulfonamides is 1. The van der Waals surface area contributed by atoms with E-state index in [2.05, 4.69) is 9.71 Å². The molecular weight excluding hydrogens is 421 g/mol. The largest absolute Gasteiger partial charge is 0.280 e. The van der Waals surface area contributed by atoms with E-state index in [1.165, 1.54) is 24.4 Å². The number of carbonyl (C=O) groups is 2. The first-order chi connectivity index (χ1) is 14.7. The molecule has 0 radical (unpaired) electrons. The summed E-state index contributed by atoms with van der Waals surface area (Å²) in [6.07, 6.45) is 1.40. The van der Waals surface area contributed by atoms with Crippen LogP contribution in [0.4, 0.5) is 10.1 Å². The minimum Gasteiger partial charge on any atom is -0.279 e. The highest BCUT2D eigenvalue weighted by molar-refractivity contribution is 7.92. The zero-order valence-electron chi connectivity index (χ0n) is 16.7. The molecule has 31 heavy (non-hydrogen) atoms. The van der Waals surface area contributed by atoms with Gasteiger partial charge in [-0.05, 0) is 54.8 Å². The predicted octanol–water partition coefficient (Wildman–Crippen LogP) is 3.43. The summed E-state index contributed by atoms with van der Waals surface area (Å²) in [7, 11) is -4.21. The molecule has 7 nitrogen and oxygen atoms in total. The van der Waals surface area contributed by atoms with Crippen LogP contribution in [0.15, 0.2) is 59.6 Å². The van der Waals surface area contributed by atoms with Crippen LogP contribution >= 0.6 is 0 Å². The summed E-state index contributed by atoms with van der Waals surface area (Å²) in [6, 6.07) is 11.5. The summed E-state index contributed by atoms with van der Waals surface area (Å²) >= 11 is 0. The van der Waals surface area contributed by atoms with Gasteiger partial charge in [0.15, 0.2) is 0 Å². The van der Waals surface area contributed by atoms with Crippen molar-refractivity contribution in [2.24, 2.45) is 0 Å². The molecule has 1 N–H and O–H groups in total. The van der Waals surface area contributed by atoms with Crippen molar-refractivity contribution < 1.29 is 22.4 Å². The van der Waals surface area contributed by atoms with E-state index in [1.807, 2.05) is 0 Å². The Morgan fingerprint density at radius 1 is 1.00 bits per heavy atom. The second-order valence-corrected chi connectivity index (χ2v) is 8.87. The van der Waals surface area contributed by atoms with Gasteiger partial charge in [-0.2, -0.15) is 0 Å². The van der Waals surface area contributed by atoms with E-state index in [1.54, 1.807) is 32.0 Å². The topological polar surface area (TPSA) is 96.4 Å². The molecule has 2 aromatic carbocycles. The average Bonchev–Trinajstić information content (AvgIpc) is 2.97. The van der Waals surface area contributed by atoms with Crippen LogP contribution in [0, 0.1) is 19.7 Å². The smallest absolute Gasteiger partial charge is 0.279 e. The number of pyridine rings is 1. The van der Waals surface area contributed by atoms with Crippen LogP contribution in [-0.2, 0) is 16.6 Å². The third kappa shape index (κ3) is 3.68. The third-order valence-corrected chi connectivity index (χ3v) is 6.53. The Morgan fingerprint density at radius 3 is 2.39 bits per heavy atom. The molecule has 0 bridgehead atoms. The molecule has 0 saturated heterocycles. The van der Waals surface area contributed by atoms with Crippen LogP contribution in [0.5, 0.6) is 0 Å². The zero-order chi connectivity index (χ0) is 22.3. The van der Waals surface area contributed by atoms with Crippen molar-refractivity contribution in [2.75, 3.05) is 4.72 Å². The maximum Gasteiger partial charge on any atom is 0.280 e. The molecule has 1 aliphatic heterocycles. The fourth-order valence-corrected chi connectivity index (χ4v) is 4.95. The molecule has 2 amide bonds. The number of benzene rings is 2. The lowest BCUT2D eigenvalue weighted by molar-refractivity contribution is 0.0639. The van der Waals surface area contributed by atoms with Crippen LogP contribution in [0.2, 0.25) is 0 Å². The monoisotopic (exact) mass is 439 g/mol. The molecule has 1 aromatic heterocycles. The van der Waals surface area contributed by atoms with E-state index in [9.17, 15) is 22.4 Å². The SMILES string of the molecule is Cc1cccc(C)c1NS(=O)(=O)c1cc(F)ccc1CN1C(=O)c2cccnc2C1=O. The Kier molecular flexibility index (Phi) is 5.06. The second-order valence-electron chi connectivity index (χ2n) is 7.22. The molecule has 4 rings (SSSR count). The van der Waals surface area contributed by atoms with Gasteiger partial charge < -0.3 is 0 Å². The van der Waals surface area contributed by atoms with Gasteiger partial charge in [0.25, 0.3) is 21.8 Å². The molecule has 0 spiro atoms. The summed E-state index contributed by atoms with van der Waals surface area (Å²) in [6.45, 7) is 3.17. The lowest BCUT2D eigenvalue weighted by atomic mass is 10.1. The number of hydrogen-bond donors (Lipinski definition) is 1. The minimum absolute atomic E-state index is 0.00711. The number of fused-ring (bicyclic) bond motifs is 1. The van der Waals surface area contributed by atoms with E-state index in [0.29, 0.717) is 16.8 Å². The van der Waals surface area contributed by atoms with Crippen molar-refractivity contribution >= 4 is 27.5 Å². The van der Waals surface area contributed by atoms with Gasteiger partial charge >= 0.3 is 0 Å². The number of aromatic nitrogens is 1. The first kappa shape index (κ1) is 20.7. The van der Waals surface area contributed by atoms with E-state index < -0.39 is 27.7 Å². The van der Waals surface area contributed by atoms with E-state index >= 15 is 0 Å². The Morgan fingerprint density at radius 2 is 1.71 bits per heavy atom. The summed E-state index contributed by atoms with van der Waals surface area (Å²) in [5, 5.41) is 0. The first-order valence-corrected chi connectivity index (χ1v) is 10.9. The Hall–Kier alpha value is -3.59. The number of amides is 2. The highest BCUT2D eigenvalue weighted by Gasteiger charge is 2.37. The molecular formula is C22H18FN3O4S. The number of imide groups is 1. The van der Waals surface area contributed by atoms with Crippen molar-refractivity contribution in [3.8, 4) is 0 Å². The van der Waals surface area contributed by atoms with Gasteiger partial charge in [0.1, 0.15) is 11.5 Å². The number of hydrogen-bond acceptors (Lipinski definition) is 5.